The van der Waals surface area contributed by atoms with E-state index in [0.29, 0.717) is 18.2 Å². The largest absolute Gasteiger partial charge is 0.383 e. The Balaban J connectivity index is 2.90. The number of carbonyl (C=O) groups excluding carboxylic acids is 1. The topological polar surface area (TPSA) is 42.0 Å². The van der Waals surface area contributed by atoms with Crippen molar-refractivity contribution in [2.75, 3.05) is 39.3 Å². The average molecular weight is 273 g/mol. The molecule has 0 aliphatic carbocycles. The Morgan fingerprint density at radius 2 is 1.89 bits per heavy atom. The van der Waals surface area contributed by atoms with Gasteiger partial charge in [0, 0.05) is 24.9 Å². The molecule has 0 saturated carbocycles. The highest BCUT2D eigenvalue weighted by atomic mass is 35.5. The molecule has 6 heteroatoms. The van der Waals surface area contributed by atoms with E-state index < -0.39 is 0 Å². The molecule has 1 rings (SSSR count). The summed E-state index contributed by atoms with van der Waals surface area (Å²) in [5.41, 5.74) is 0.741. The van der Waals surface area contributed by atoms with Crippen molar-refractivity contribution in [1.29, 1.82) is 0 Å². The van der Waals surface area contributed by atoms with Crippen molar-refractivity contribution in [2.24, 2.45) is 0 Å². The molecule has 0 unspecified atom stereocenters. The molecular weight excluding hydrogens is 256 g/mol. The summed E-state index contributed by atoms with van der Waals surface area (Å²) in [6, 6.07) is 6.75. The van der Waals surface area contributed by atoms with Crippen LogP contribution in [0.15, 0.2) is 24.3 Å². The molecule has 1 aromatic carbocycles. The third-order valence-electron chi connectivity index (χ3n) is 2.43. The lowest BCUT2D eigenvalue weighted by molar-refractivity contribution is -0.0624. The molecule has 0 saturated heterocycles. The number of halogens is 1. The predicted molar refractivity (Wildman–Crippen MR) is 70.8 cm³/mol. The van der Waals surface area contributed by atoms with Crippen LogP contribution in [0.25, 0.3) is 0 Å². The van der Waals surface area contributed by atoms with Gasteiger partial charge in [-0.3, -0.25) is 9.74 Å². The van der Waals surface area contributed by atoms with Gasteiger partial charge in [-0.2, -0.15) is 0 Å². The summed E-state index contributed by atoms with van der Waals surface area (Å²) in [7, 11) is 4.58. The number of urea groups is 1. The number of rotatable bonds is 5. The maximum Gasteiger partial charge on any atom is 0.348 e. The second kappa shape index (κ2) is 7.20. The van der Waals surface area contributed by atoms with Gasteiger partial charge in [0.1, 0.15) is 0 Å². The van der Waals surface area contributed by atoms with Crippen LogP contribution in [0.5, 0.6) is 0 Å². The first kappa shape index (κ1) is 14.8. The standard InChI is InChI=1S/C12H17ClN2O3/c1-14(18-3)12(16)15(8-9-17-2)11-6-4-10(13)5-7-11/h4-7H,8-9H2,1-3H3. The van der Waals surface area contributed by atoms with Gasteiger partial charge >= 0.3 is 6.03 Å². The molecule has 0 bridgehead atoms. The van der Waals surface area contributed by atoms with Crippen molar-refractivity contribution >= 4 is 23.3 Å². The monoisotopic (exact) mass is 272 g/mol. The Morgan fingerprint density at radius 1 is 1.28 bits per heavy atom. The van der Waals surface area contributed by atoms with E-state index in [4.69, 9.17) is 21.2 Å². The molecule has 18 heavy (non-hydrogen) atoms. The number of hydrogen-bond donors (Lipinski definition) is 0. The Kier molecular flexibility index (Phi) is 5.91. The van der Waals surface area contributed by atoms with Crippen LogP contribution in [-0.2, 0) is 9.57 Å². The third kappa shape index (κ3) is 3.87. The smallest absolute Gasteiger partial charge is 0.348 e. The molecule has 2 amide bonds. The van der Waals surface area contributed by atoms with Crippen LogP contribution in [-0.4, -0.2) is 45.5 Å². The summed E-state index contributed by atoms with van der Waals surface area (Å²) in [6.07, 6.45) is 0. The summed E-state index contributed by atoms with van der Waals surface area (Å²) < 4.78 is 5.00. The zero-order chi connectivity index (χ0) is 13.5. The third-order valence-corrected chi connectivity index (χ3v) is 2.68. The van der Waals surface area contributed by atoms with Crippen LogP contribution in [0.3, 0.4) is 0 Å². The molecular formula is C12H17ClN2O3. The Bertz CT molecular complexity index is 383. The molecule has 0 aliphatic rings. The lowest BCUT2D eigenvalue weighted by Crippen LogP contribution is -2.42. The molecule has 0 aromatic heterocycles. The van der Waals surface area contributed by atoms with Gasteiger partial charge < -0.3 is 4.74 Å². The second-order valence-corrected chi connectivity index (χ2v) is 4.02. The molecule has 0 radical (unpaired) electrons. The normalized spacial score (nSPS) is 10.2. The number of methoxy groups -OCH3 is 1. The first-order valence-electron chi connectivity index (χ1n) is 5.44. The Morgan fingerprint density at radius 3 is 2.39 bits per heavy atom. The number of anilines is 1. The van der Waals surface area contributed by atoms with E-state index in [1.165, 1.54) is 7.11 Å². The molecule has 0 spiro atoms. The van der Waals surface area contributed by atoms with Crippen molar-refractivity contribution in [2.45, 2.75) is 0 Å². The van der Waals surface area contributed by atoms with Gasteiger partial charge in [-0.1, -0.05) is 11.6 Å². The summed E-state index contributed by atoms with van der Waals surface area (Å²) in [6.45, 7) is 0.872. The zero-order valence-corrected chi connectivity index (χ0v) is 11.5. The van der Waals surface area contributed by atoms with Crippen molar-refractivity contribution in [1.82, 2.24) is 5.06 Å². The van der Waals surface area contributed by atoms with Gasteiger partial charge in [-0.15, -0.1) is 0 Å². The minimum Gasteiger partial charge on any atom is -0.383 e. The molecule has 0 heterocycles. The first-order valence-corrected chi connectivity index (χ1v) is 5.81. The number of benzene rings is 1. The fourth-order valence-corrected chi connectivity index (χ4v) is 1.51. The van der Waals surface area contributed by atoms with Gasteiger partial charge in [0.25, 0.3) is 0 Å². The fourth-order valence-electron chi connectivity index (χ4n) is 1.39. The number of carbonyl (C=O) groups is 1. The van der Waals surface area contributed by atoms with E-state index >= 15 is 0 Å². The molecule has 0 atom stereocenters. The number of nitrogens with zero attached hydrogens (tertiary/aromatic N) is 2. The fraction of sp³-hybridized carbons (Fsp3) is 0.417. The lowest BCUT2D eigenvalue weighted by atomic mass is 10.3. The Hall–Kier alpha value is -1.30. The van der Waals surface area contributed by atoms with Gasteiger partial charge in [0.2, 0.25) is 0 Å². The molecule has 100 valence electrons. The number of hydroxylamine groups is 2. The van der Waals surface area contributed by atoms with Crippen LogP contribution in [0.4, 0.5) is 10.5 Å². The van der Waals surface area contributed by atoms with Crippen molar-refractivity contribution in [3.63, 3.8) is 0 Å². The van der Waals surface area contributed by atoms with Crippen molar-refractivity contribution < 1.29 is 14.4 Å². The van der Waals surface area contributed by atoms with Gasteiger partial charge in [0.15, 0.2) is 0 Å². The van der Waals surface area contributed by atoms with Crippen molar-refractivity contribution in [3.8, 4) is 0 Å². The number of ether oxygens (including phenoxy) is 1. The SMILES string of the molecule is COCCN(C(=O)N(C)OC)c1ccc(Cl)cc1. The van der Waals surface area contributed by atoms with E-state index in [9.17, 15) is 4.79 Å². The quantitative estimate of drug-likeness (QED) is 0.773. The zero-order valence-electron chi connectivity index (χ0n) is 10.7. The summed E-state index contributed by atoms with van der Waals surface area (Å²) in [5.74, 6) is 0. The summed E-state index contributed by atoms with van der Waals surface area (Å²) >= 11 is 5.83. The van der Waals surface area contributed by atoms with Gasteiger partial charge in [-0.25, -0.2) is 9.86 Å². The van der Waals surface area contributed by atoms with E-state index in [0.717, 1.165) is 10.8 Å². The van der Waals surface area contributed by atoms with E-state index in [-0.39, 0.29) is 6.03 Å². The Labute approximate surface area is 112 Å². The summed E-state index contributed by atoms with van der Waals surface area (Å²) in [4.78, 5) is 18.6. The van der Waals surface area contributed by atoms with Crippen LogP contribution < -0.4 is 4.90 Å². The van der Waals surface area contributed by atoms with E-state index in [1.807, 2.05) is 0 Å². The maximum absolute atomic E-state index is 12.1. The highest BCUT2D eigenvalue weighted by Gasteiger charge is 2.19. The highest BCUT2D eigenvalue weighted by molar-refractivity contribution is 6.30. The van der Waals surface area contributed by atoms with E-state index in [1.54, 1.807) is 43.3 Å². The minimum atomic E-state index is -0.267. The van der Waals surface area contributed by atoms with Crippen LogP contribution >= 0.6 is 11.6 Å². The molecule has 5 nitrogen and oxygen atoms in total. The van der Waals surface area contributed by atoms with Crippen LogP contribution in [0.2, 0.25) is 5.02 Å². The predicted octanol–water partition coefficient (Wildman–Crippen LogP) is 2.41. The number of hydrogen-bond acceptors (Lipinski definition) is 3. The van der Waals surface area contributed by atoms with Gasteiger partial charge in [-0.05, 0) is 24.3 Å². The second-order valence-electron chi connectivity index (χ2n) is 3.58. The maximum atomic E-state index is 12.1. The minimum absolute atomic E-state index is 0.267. The lowest BCUT2D eigenvalue weighted by Gasteiger charge is -2.26. The molecule has 1 aromatic rings. The molecule has 0 N–H and O–H groups in total. The molecule has 0 aliphatic heterocycles. The molecule has 0 fully saturated rings. The van der Waals surface area contributed by atoms with Gasteiger partial charge in [0.05, 0.1) is 20.3 Å². The number of amides is 2. The van der Waals surface area contributed by atoms with Crippen LogP contribution in [0.1, 0.15) is 0 Å². The van der Waals surface area contributed by atoms with E-state index in [2.05, 4.69) is 0 Å². The average Bonchev–Trinajstić information content (AvgIpc) is 2.39. The van der Waals surface area contributed by atoms with Crippen molar-refractivity contribution in [3.05, 3.63) is 29.3 Å². The van der Waals surface area contributed by atoms with Crippen LogP contribution in [0, 0.1) is 0 Å². The first-order chi connectivity index (χ1) is 8.60. The summed E-state index contributed by atoms with van der Waals surface area (Å²) in [5, 5.41) is 1.78. The highest BCUT2D eigenvalue weighted by Crippen LogP contribution is 2.19.